The average Bonchev–Trinajstić information content (AvgIpc) is 3.05. The van der Waals surface area contributed by atoms with Crippen LogP contribution in [-0.2, 0) is 6.54 Å². The minimum absolute atomic E-state index is 0.198. The summed E-state index contributed by atoms with van der Waals surface area (Å²) < 4.78 is 7.87. The molecule has 1 aromatic heterocycles. The lowest BCUT2D eigenvalue weighted by Gasteiger charge is -2.37. The molecule has 0 amide bonds. The minimum Gasteiger partial charge on any atom is -0.424 e. The molecule has 1 aromatic carbocycles. The predicted molar refractivity (Wildman–Crippen MR) is 100 cm³/mol. The summed E-state index contributed by atoms with van der Waals surface area (Å²) in [7, 11) is 0. The van der Waals surface area contributed by atoms with Crippen molar-refractivity contribution in [1.82, 2.24) is 19.7 Å². The third kappa shape index (κ3) is 3.98. The Hall–Kier alpha value is -2.16. The molecular formula is C18H28N6O2. The maximum Gasteiger partial charge on any atom is 0.322 e. The Morgan fingerprint density at radius 3 is 2.54 bits per heavy atom. The summed E-state index contributed by atoms with van der Waals surface area (Å²) in [5.74, 6) is 1.44. The molecule has 2 atom stereocenters. The molecule has 0 aliphatic carbocycles. The smallest absolute Gasteiger partial charge is 0.322 e. The van der Waals surface area contributed by atoms with Crippen LogP contribution in [0, 0.1) is 0 Å². The Morgan fingerprint density at radius 1 is 1.19 bits per heavy atom. The molecule has 0 radical (unpaired) electrons. The zero-order valence-electron chi connectivity index (χ0n) is 15.7. The van der Waals surface area contributed by atoms with E-state index in [0.717, 1.165) is 37.6 Å². The molecule has 0 spiro atoms. The largest absolute Gasteiger partial charge is 0.424 e. The molecule has 26 heavy (non-hydrogen) atoms. The zero-order valence-corrected chi connectivity index (χ0v) is 15.7. The van der Waals surface area contributed by atoms with E-state index in [0.29, 0.717) is 18.4 Å². The first-order valence-electron chi connectivity index (χ1n) is 9.13. The molecule has 1 aliphatic heterocycles. The van der Waals surface area contributed by atoms with Crippen molar-refractivity contribution in [2.24, 2.45) is 5.73 Å². The Labute approximate surface area is 154 Å². The van der Waals surface area contributed by atoms with Gasteiger partial charge in [-0.2, -0.15) is 0 Å². The zero-order chi connectivity index (χ0) is 18.7. The molecule has 1 fully saturated rings. The molecule has 142 valence electrons. The van der Waals surface area contributed by atoms with Gasteiger partial charge in [0.05, 0.1) is 6.04 Å². The summed E-state index contributed by atoms with van der Waals surface area (Å²) in [6, 6.07) is 8.23. The first-order chi connectivity index (χ1) is 12.5. The lowest BCUT2D eigenvalue weighted by atomic mass is 10.2. The highest BCUT2D eigenvalue weighted by Crippen LogP contribution is 2.27. The molecule has 1 saturated heterocycles. The molecule has 3 N–H and O–H groups in total. The van der Waals surface area contributed by atoms with Gasteiger partial charge in [0.15, 0.2) is 5.82 Å². The average molecular weight is 360 g/mol. The maximum absolute atomic E-state index is 9.70. The quantitative estimate of drug-likeness (QED) is 0.808. The van der Waals surface area contributed by atoms with Gasteiger partial charge in [0.2, 0.25) is 0 Å². The summed E-state index contributed by atoms with van der Waals surface area (Å²) in [5, 5.41) is 18.0. The van der Waals surface area contributed by atoms with Crippen LogP contribution in [0.1, 0.15) is 32.6 Å². The van der Waals surface area contributed by atoms with Gasteiger partial charge < -0.3 is 20.5 Å². The molecule has 0 unspecified atom stereocenters. The van der Waals surface area contributed by atoms with Crippen molar-refractivity contribution in [2.45, 2.75) is 39.6 Å². The highest BCUT2D eigenvalue weighted by molar-refractivity contribution is 5.51. The van der Waals surface area contributed by atoms with E-state index < -0.39 is 6.23 Å². The van der Waals surface area contributed by atoms with Crippen molar-refractivity contribution in [2.75, 3.05) is 31.1 Å². The van der Waals surface area contributed by atoms with Crippen molar-refractivity contribution >= 4 is 5.69 Å². The number of hydrogen-bond acceptors (Lipinski definition) is 7. The second-order valence-corrected chi connectivity index (χ2v) is 6.63. The number of ether oxygens (including phenoxy) is 1. The van der Waals surface area contributed by atoms with Crippen LogP contribution in [0.4, 0.5) is 5.69 Å². The van der Waals surface area contributed by atoms with E-state index in [2.05, 4.69) is 26.1 Å². The third-order valence-corrected chi connectivity index (χ3v) is 4.70. The van der Waals surface area contributed by atoms with Crippen molar-refractivity contribution in [3.63, 3.8) is 0 Å². The van der Waals surface area contributed by atoms with Gasteiger partial charge in [-0.05, 0) is 32.9 Å². The molecule has 3 rings (SSSR count). The number of nitrogens with two attached hydrogens (primary N) is 1. The lowest BCUT2D eigenvalue weighted by molar-refractivity contribution is 0.0153. The van der Waals surface area contributed by atoms with Gasteiger partial charge in [-0.1, -0.05) is 11.2 Å². The molecule has 8 heteroatoms. The van der Waals surface area contributed by atoms with Gasteiger partial charge in [0.25, 0.3) is 0 Å². The Kier molecular flexibility index (Phi) is 5.75. The summed E-state index contributed by atoms with van der Waals surface area (Å²) >= 11 is 0. The fourth-order valence-electron chi connectivity index (χ4n) is 3.21. The van der Waals surface area contributed by atoms with Crippen LogP contribution in [0.3, 0.4) is 0 Å². The minimum atomic E-state index is -0.397. The second-order valence-electron chi connectivity index (χ2n) is 6.63. The highest BCUT2D eigenvalue weighted by Gasteiger charge is 2.20. The van der Waals surface area contributed by atoms with Crippen LogP contribution in [0.15, 0.2) is 24.3 Å². The van der Waals surface area contributed by atoms with Crippen molar-refractivity contribution in [3.8, 4) is 11.8 Å². The molecule has 2 heterocycles. The number of benzene rings is 1. The van der Waals surface area contributed by atoms with E-state index in [1.165, 1.54) is 0 Å². The summed E-state index contributed by atoms with van der Waals surface area (Å²) in [5.41, 5.74) is 7.04. The SMILES string of the molecule is CCn1c(Oc2cccc(N3CCN([C@@H](C)O)CC3)c2)nnc1[C@@H](C)N. The van der Waals surface area contributed by atoms with E-state index in [4.69, 9.17) is 10.5 Å². The Bertz CT molecular complexity index is 722. The fourth-order valence-corrected chi connectivity index (χ4v) is 3.21. The molecular weight excluding hydrogens is 332 g/mol. The molecule has 8 nitrogen and oxygen atoms in total. The normalized spacial score (nSPS) is 18.0. The number of aliphatic hydroxyl groups excluding tert-OH is 1. The van der Waals surface area contributed by atoms with Gasteiger partial charge in [-0.15, -0.1) is 5.10 Å². The Morgan fingerprint density at radius 2 is 1.92 bits per heavy atom. The number of aromatic nitrogens is 3. The van der Waals surface area contributed by atoms with Crippen LogP contribution >= 0.6 is 0 Å². The molecule has 0 saturated carbocycles. The van der Waals surface area contributed by atoms with Gasteiger partial charge >= 0.3 is 6.01 Å². The maximum atomic E-state index is 9.70. The van der Waals surface area contributed by atoms with Crippen molar-refractivity contribution in [1.29, 1.82) is 0 Å². The first-order valence-corrected chi connectivity index (χ1v) is 9.13. The van der Waals surface area contributed by atoms with Crippen LogP contribution in [0.5, 0.6) is 11.8 Å². The molecule has 2 aromatic rings. The van der Waals surface area contributed by atoms with Crippen LogP contribution in [-0.4, -0.2) is 57.2 Å². The van der Waals surface area contributed by atoms with E-state index in [9.17, 15) is 5.11 Å². The summed E-state index contributed by atoms with van der Waals surface area (Å²) in [6.07, 6.45) is -0.397. The highest BCUT2D eigenvalue weighted by atomic mass is 16.5. The van der Waals surface area contributed by atoms with Gasteiger partial charge in [-0.25, -0.2) is 0 Å². The third-order valence-electron chi connectivity index (χ3n) is 4.70. The van der Waals surface area contributed by atoms with E-state index in [1.54, 1.807) is 0 Å². The number of hydrogen-bond donors (Lipinski definition) is 2. The number of nitrogens with zero attached hydrogens (tertiary/aromatic N) is 5. The van der Waals surface area contributed by atoms with Gasteiger partial charge in [0, 0.05) is 44.5 Å². The summed E-state index contributed by atoms with van der Waals surface area (Å²) in [6.45, 7) is 9.82. The standard InChI is InChI=1S/C18H28N6O2/c1-4-24-17(13(2)19)20-21-18(24)26-16-7-5-6-15(12-16)23-10-8-22(9-11-23)14(3)25/h5-7,12-14,25H,4,8-11,19H2,1-3H3/t13-,14-/m1/s1. The van der Waals surface area contributed by atoms with E-state index in [1.807, 2.05) is 43.5 Å². The van der Waals surface area contributed by atoms with Crippen LogP contribution in [0.25, 0.3) is 0 Å². The van der Waals surface area contributed by atoms with E-state index >= 15 is 0 Å². The van der Waals surface area contributed by atoms with Gasteiger partial charge in [-0.3, -0.25) is 9.47 Å². The number of anilines is 1. The van der Waals surface area contributed by atoms with Crippen LogP contribution in [0.2, 0.25) is 0 Å². The topological polar surface area (TPSA) is 92.7 Å². The second kappa shape index (κ2) is 8.03. The number of aliphatic hydroxyl groups is 1. The molecule has 0 bridgehead atoms. The van der Waals surface area contributed by atoms with Crippen molar-refractivity contribution < 1.29 is 9.84 Å². The number of rotatable bonds is 6. The van der Waals surface area contributed by atoms with E-state index in [-0.39, 0.29) is 6.04 Å². The number of piperazine rings is 1. The van der Waals surface area contributed by atoms with Crippen LogP contribution < -0.4 is 15.4 Å². The van der Waals surface area contributed by atoms with Crippen molar-refractivity contribution in [3.05, 3.63) is 30.1 Å². The summed E-state index contributed by atoms with van der Waals surface area (Å²) in [4.78, 5) is 4.36. The monoisotopic (exact) mass is 360 g/mol. The predicted octanol–water partition coefficient (Wildman–Crippen LogP) is 1.57. The fraction of sp³-hybridized carbons (Fsp3) is 0.556. The first kappa shape index (κ1) is 18.6. The van der Waals surface area contributed by atoms with Gasteiger partial charge in [0.1, 0.15) is 12.0 Å². The lowest BCUT2D eigenvalue weighted by Crippen LogP contribution is -2.49. The Balaban J connectivity index is 1.73. The molecule has 1 aliphatic rings.